The minimum atomic E-state index is -0.600. The fourth-order valence-corrected chi connectivity index (χ4v) is 2.25. The molecule has 2 rings (SSSR count). The molecule has 0 aliphatic carbocycles. The van der Waals surface area contributed by atoms with E-state index in [1.165, 1.54) is 0 Å². The second-order valence-corrected chi connectivity index (χ2v) is 4.82. The summed E-state index contributed by atoms with van der Waals surface area (Å²) < 4.78 is 10.5. The average Bonchev–Trinajstić information content (AvgIpc) is 2.47. The zero-order valence-electron chi connectivity index (χ0n) is 12.1. The van der Waals surface area contributed by atoms with Crippen LogP contribution in [0.5, 0.6) is 11.5 Å². The first kappa shape index (κ1) is 14.4. The van der Waals surface area contributed by atoms with E-state index < -0.39 is 6.10 Å². The summed E-state index contributed by atoms with van der Waals surface area (Å²) in [5.41, 5.74) is 2.95. The number of aliphatic hydroxyl groups excluding tert-OH is 1. The molecular formula is C17H20O3. The van der Waals surface area contributed by atoms with Gasteiger partial charge in [0.05, 0.1) is 20.3 Å². The molecule has 2 aromatic carbocycles. The molecule has 1 N–H and O–H groups in total. The predicted octanol–water partition coefficient (Wildman–Crippen LogP) is 3.29. The fourth-order valence-electron chi connectivity index (χ4n) is 2.25. The largest absolute Gasteiger partial charge is 0.497 e. The molecule has 0 saturated heterocycles. The first-order valence-electron chi connectivity index (χ1n) is 6.59. The molecule has 106 valence electrons. The maximum absolute atomic E-state index is 10.5. The van der Waals surface area contributed by atoms with Crippen molar-refractivity contribution >= 4 is 0 Å². The molecule has 0 spiro atoms. The van der Waals surface area contributed by atoms with Gasteiger partial charge in [-0.1, -0.05) is 23.8 Å². The van der Waals surface area contributed by atoms with Crippen molar-refractivity contribution in [2.75, 3.05) is 14.2 Å². The molecule has 0 aliphatic rings. The highest BCUT2D eigenvalue weighted by atomic mass is 16.5. The van der Waals surface area contributed by atoms with E-state index in [1.807, 2.05) is 49.4 Å². The van der Waals surface area contributed by atoms with Crippen LogP contribution < -0.4 is 9.47 Å². The van der Waals surface area contributed by atoms with Gasteiger partial charge in [0.1, 0.15) is 11.5 Å². The van der Waals surface area contributed by atoms with E-state index in [1.54, 1.807) is 14.2 Å². The summed E-state index contributed by atoms with van der Waals surface area (Å²) in [5, 5.41) is 10.5. The molecule has 0 aromatic heterocycles. The van der Waals surface area contributed by atoms with Crippen LogP contribution in [0.25, 0.3) is 0 Å². The second-order valence-electron chi connectivity index (χ2n) is 4.82. The van der Waals surface area contributed by atoms with Gasteiger partial charge in [-0.2, -0.15) is 0 Å². The number of aliphatic hydroxyl groups is 1. The van der Waals surface area contributed by atoms with Crippen LogP contribution in [0.3, 0.4) is 0 Å². The van der Waals surface area contributed by atoms with Gasteiger partial charge in [-0.05, 0) is 36.8 Å². The van der Waals surface area contributed by atoms with Crippen molar-refractivity contribution in [1.29, 1.82) is 0 Å². The van der Waals surface area contributed by atoms with E-state index in [0.29, 0.717) is 12.2 Å². The first-order valence-corrected chi connectivity index (χ1v) is 6.59. The molecule has 3 heteroatoms. The maximum Gasteiger partial charge on any atom is 0.124 e. The van der Waals surface area contributed by atoms with Gasteiger partial charge in [-0.25, -0.2) is 0 Å². The Morgan fingerprint density at radius 1 is 1.05 bits per heavy atom. The van der Waals surface area contributed by atoms with Crippen LogP contribution in [-0.4, -0.2) is 19.3 Å². The molecule has 0 bridgehead atoms. The number of ether oxygens (including phenoxy) is 2. The minimum Gasteiger partial charge on any atom is -0.497 e. The number of rotatable bonds is 5. The summed E-state index contributed by atoms with van der Waals surface area (Å²) in [6, 6.07) is 13.6. The van der Waals surface area contributed by atoms with Crippen molar-refractivity contribution in [1.82, 2.24) is 0 Å². The maximum atomic E-state index is 10.5. The van der Waals surface area contributed by atoms with Crippen molar-refractivity contribution in [2.24, 2.45) is 0 Å². The van der Waals surface area contributed by atoms with Crippen LogP contribution in [0.15, 0.2) is 42.5 Å². The van der Waals surface area contributed by atoms with Crippen LogP contribution >= 0.6 is 0 Å². The summed E-state index contributed by atoms with van der Waals surface area (Å²) in [6.07, 6.45) is -0.0752. The van der Waals surface area contributed by atoms with E-state index in [9.17, 15) is 5.11 Å². The third kappa shape index (κ3) is 3.31. The predicted molar refractivity (Wildman–Crippen MR) is 79.4 cm³/mol. The van der Waals surface area contributed by atoms with E-state index in [2.05, 4.69) is 0 Å². The standard InChI is InChI=1S/C17H20O3/c1-12-7-8-17(20-3)15(9-12)16(18)11-13-5-4-6-14(10-13)19-2/h4-10,16,18H,11H2,1-3H3. The molecule has 0 saturated carbocycles. The summed E-state index contributed by atoms with van der Waals surface area (Å²) in [5.74, 6) is 1.51. The van der Waals surface area contributed by atoms with Crippen LogP contribution in [0.1, 0.15) is 22.8 Å². The number of hydrogen-bond donors (Lipinski definition) is 1. The van der Waals surface area contributed by atoms with Gasteiger partial charge >= 0.3 is 0 Å². The molecule has 0 aliphatic heterocycles. The molecule has 2 aromatic rings. The lowest BCUT2D eigenvalue weighted by atomic mass is 9.99. The Morgan fingerprint density at radius 3 is 2.55 bits per heavy atom. The number of hydrogen-bond acceptors (Lipinski definition) is 3. The van der Waals surface area contributed by atoms with Gasteiger partial charge in [0.25, 0.3) is 0 Å². The van der Waals surface area contributed by atoms with Gasteiger partial charge in [0.2, 0.25) is 0 Å². The quantitative estimate of drug-likeness (QED) is 0.907. The molecule has 1 atom stereocenters. The van der Waals surface area contributed by atoms with Gasteiger partial charge < -0.3 is 14.6 Å². The van der Waals surface area contributed by atoms with Crippen molar-refractivity contribution in [2.45, 2.75) is 19.4 Å². The Labute approximate surface area is 119 Å². The molecule has 20 heavy (non-hydrogen) atoms. The Balaban J connectivity index is 2.23. The number of aryl methyl sites for hydroxylation is 1. The van der Waals surface area contributed by atoms with Gasteiger partial charge in [0, 0.05) is 12.0 Å². The van der Waals surface area contributed by atoms with Crippen molar-refractivity contribution in [3.05, 3.63) is 59.2 Å². The minimum absolute atomic E-state index is 0.525. The zero-order chi connectivity index (χ0) is 14.5. The smallest absolute Gasteiger partial charge is 0.124 e. The SMILES string of the molecule is COc1cccc(CC(O)c2cc(C)ccc2OC)c1. The highest BCUT2D eigenvalue weighted by Gasteiger charge is 2.14. The van der Waals surface area contributed by atoms with Crippen LogP contribution in [-0.2, 0) is 6.42 Å². The van der Waals surface area contributed by atoms with Gasteiger partial charge in [-0.3, -0.25) is 0 Å². The van der Waals surface area contributed by atoms with Crippen LogP contribution in [0, 0.1) is 6.92 Å². The van der Waals surface area contributed by atoms with E-state index in [4.69, 9.17) is 9.47 Å². The molecule has 3 nitrogen and oxygen atoms in total. The lowest BCUT2D eigenvalue weighted by molar-refractivity contribution is 0.174. The Bertz CT molecular complexity index is 578. The van der Waals surface area contributed by atoms with Crippen LogP contribution in [0.4, 0.5) is 0 Å². The number of methoxy groups -OCH3 is 2. The van der Waals surface area contributed by atoms with Gasteiger partial charge in [-0.15, -0.1) is 0 Å². The normalized spacial score (nSPS) is 12.0. The molecule has 0 amide bonds. The summed E-state index contributed by atoms with van der Waals surface area (Å²) in [4.78, 5) is 0. The topological polar surface area (TPSA) is 38.7 Å². The number of benzene rings is 2. The molecule has 0 heterocycles. The fraction of sp³-hybridized carbons (Fsp3) is 0.294. The second kappa shape index (κ2) is 6.44. The molecular weight excluding hydrogens is 252 g/mol. The Kier molecular flexibility index (Phi) is 4.64. The van der Waals surface area contributed by atoms with Crippen molar-refractivity contribution < 1.29 is 14.6 Å². The zero-order valence-corrected chi connectivity index (χ0v) is 12.1. The third-order valence-corrected chi connectivity index (χ3v) is 3.31. The highest BCUT2D eigenvalue weighted by molar-refractivity contribution is 5.39. The molecule has 1 unspecified atom stereocenters. The first-order chi connectivity index (χ1) is 9.63. The van der Waals surface area contributed by atoms with E-state index >= 15 is 0 Å². The lowest BCUT2D eigenvalue weighted by Crippen LogP contribution is -2.04. The van der Waals surface area contributed by atoms with Gasteiger partial charge in [0.15, 0.2) is 0 Å². The summed E-state index contributed by atoms with van der Waals surface area (Å²) in [6.45, 7) is 2.00. The summed E-state index contributed by atoms with van der Waals surface area (Å²) >= 11 is 0. The van der Waals surface area contributed by atoms with E-state index in [-0.39, 0.29) is 0 Å². The van der Waals surface area contributed by atoms with Crippen molar-refractivity contribution in [3.8, 4) is 11.5 Å². The highest BCUT2D eigenvalue weighted by Crippen LogP contribution is 2.29. The lowest BCUT2D eigenvalue weighted by Gasteiger charge is -2.16. The summed E-state index contributed by atoms with van der Waals surface area (Å²) in [7, 11) is 3.26. The van der Waals surface area contributed by atoms with Crippen molar-refractivity contribution in [3.63, 3.8) is 0 Å². The monoisotopic (exact) mass is 272 g/mol. The molecule has 0 fully saturated rings. The Hall–Kier alpha value is -2.00. The molecule has 0 radical (unpaired) electrons. The average molecular weight is 272 g/mol. The Morgan fingerprint density at radius 2 is 1.85 bits per heavy atom. The van der Waals surface area contributed by atoms with Crippen LogP contribution in [0.2, 0.25) is 0 Å². The third-order valence-electron chi connectivity index (χ3n) is 3.31. The van der Waals surface area contributed by atoms with E-state index in [0.717, 1.165) is 22.4 Å².